The van der Waals surface area contributed by atoms with Gasteiger partial charge < -0.3 is 11.1 Å². The Hall–Kier alpha value is -1.02. The smallest absolute Gasteiger partial charge is 0.296 e. The largest absolute Gasteiger partial charge is 0.398 e. The lowest BCUT2D eigenvalue weighted by molar-refractivity contribution is -0.115. The molecule has 0 saturated heterocycles. The molecule has 1 atom stereocenters. The molecule has 1 unspecified atom stereocenters. The van der Waals surface area contributed by atoms with E-state index in [9.17, 15) is 13.2 Å². The molecule has 0 aliphatic rings. The molecule has 0 radical (unpaired) electrons. The maximum atomic E-state index is 11.4. The highest BCUT2D eigenvalue weighted by atomic mass is 35.5. The number of nitrogen functional groups attached to an aromatic ring is 1. The van der Waals surface area contributed by atoms with Gasteiger partial charge in [0.25, 0.3) is 10.1 Å². The van der Waals surface area contributed by atoms with Crippen molar-refractivity contribution in [3.05, 3.63) is 18.2 Å². The summed E-state index contributed by atoms with van der Waals surface area (Å²) in [4.78, 5) is 11.0. The third-order valence-electron chi connectivity index (χ3n) is 1.98. The SMILES string of the molecule is Nc1cc(NC(=O)C(Cl)CCl)ccc1S(=O)(=O)O. The Morgan fingerprint density at radius 3 is 2.56 bits per heavy atom. The fourth-order valence-electron chi connectivity index (χ4n) is 1.15. The van der Waals surface area contributed by atoms with Gasteiger partial charge in [0.05, 0.1) is 5.69 Å². The number of carbonyl (C=O) groups excluding carboxylic acids is 1. The number of hydrogen-bond acceptors (Lipinski definition) is 4. The van der Waals surface area contributed by atoms with Crippen LogP contribution in [0.15, 0.2) is 23.1 Å². The first-order valence-electron chi connectivity index (χ1n) is 4.63. The van der Waals surface area contributed by atoms with Crippen LogP contribution in [0.3, 0.4) is 0 Å². The Bertz CT molecular complexity index is 562. The monoisotopic (exact) mass is 312 g/mol. The molecule has 0 aliphatic carbocycles. The molecule has 0 heterocycles. The second-order valence-corrected chi connectivity index (χ2v) is 5.56. The Balaban J connectivity index is 2.96. The quantitative estimate of drug-likeness (QED) is 0.441. The van der Waals surface area contributed by atoms with Crippen LogP contribution < -0.4 is 11.1 Å². The fraction of sp³-hybridized carbons (Fsp3) is 0.222. The second-order valence-electron chi connectivity index (χ2n) is 3.34. The molecule has 1 aromatic rings. The van der Waals surface area contributed by atoms with E-state index in [1.807, 2.05) is 0 Å². The highest BCUT2D eigenvalue weighted by Gasteiger charge is 2.17. The van der Waals surface area contributed by atoms with Crippen LogP contribution >= 0.6 is 23.2 Å². The number of anilines is 2. The molecule has 0 bridgehead atoms. The van der Waals surface area contributed by atoms with Gasteiger partial charge in [0, 0.05) is 11.6 Å². The molecule has 0 saturated carbocycles. The molecule has 1 rings (SSSR count). The van der Waals surface area contributed by atoms with Crippen molar-refractivity contribution in [1.82, 2.24) is 0 Å². The van der Waals surface area contributed by atoms with Gasteiger partial charge in [-0.3, -0.25) is 9.35 Å². The molecule has 9 heteroatoms. The molecule has 100 valence electrons. The molecule has 0 aromatic heterocycles. The van der Waals surface area contributed by atoms with E-state index in [1.165, 1.54) is 12.1 Å². The van der Waals surface area contributed by atoms with Crippen LogP contribution in [0.1, 0.15) is 0 Å². The summed E-state index contributed by atoms with van der Waals surface area (Å²) >= 11 is 11.0. The minimum absolute atomic E-state index is 0.0635. The summed E-state index contributed by atoms with van der Waals surface area (Å²) in [6.45, 7) is 0. The van der Waals surface area contributed by atoms with Crippen LogP contribution in [-0.2, 0) is 14.9 Å². The predicted molar refractivity (Wildman–Crippen MR) is 69.7 cm³/mol. The van der Waals surface area contributed by atoms with E-state index < -0.39 is 26.3 Å². The van der Waals surface area contributed by atoms with Crippen LogP contribution in [0.5, 0.6) is 0 Å². The van der Waals surface area contributed by atoms with Crippen molar-refractivity contribution < 1.29 is 17.8 Å². The van der Waals surface area contributed by atoms with Crippen molar-refractivity contribution in [1.29, 1.82) is 0 Å². The molecular weight excluding hydrogens is 303 g/mol. The summed E-state index contributed by atoms with van der Waals surface area (Å²) in [5, 5.41) is 1.49. The van der Waals surface area contributed by atoms with Crippen LogP contribution in [-0.4, -0.2) is 30.1 Å². The number of alkyl halides is 2. The average Bonchev–Trinajstić information content (AvgIpc) is 2.26. The molecule has 0 fully saturated rings. The third-order valence-corrected chi connectivity index (χ3v) is 3.72. The molecule has 1 aromatic carbocycles. The second kappa shape index (κ2) is 5.75. The van der Waals surface area contributed by atoms with Crippen LogP contribution in [0.2, 0.25) is 0 Å². The van der Waals surface area contributed by atoms with Crippen molar-refractivity contribution in [3.63, 3.8) is 0 Å². The zero-order valence-corrected chi connectivity index (χ0v) is 11.3. The van der Waals surface area contributed by atoms with Gasteiger partial charge in [0.2, 0.25) is 5.91 Å². The number of rotatable bonds is 4. The van der Waals surface area contributed by atoms with Gasteiger partial charge in [-0.05, 0) is 18.2 Å². The van der Waals surface area contributed by atoms with Crippen molar-refractivity contribution in [2.75, 3.05) is 16.9 Å². The molecule has 18 heavy (non-hydrogen) atoms. The van der Waals surface area contributed by atoms with Crippen molar-refractivity contribution in [2.45, 2.75) is 10.3 Å². The maximum absolute atomic E-state index is 11.4. The van der Waals surface area contributed by atoms with Gasteiger partial charge in [-0.1, -0.05) is 0 Å². The van der Waals surface area contributed by atoms with Crippen molar-refractivity contribution >= 4 is 50.6 Å². The summed E-state index contributed by atoms with van der Waals surface area (Å²) in [7, 11) is -4.38. The number of nitrogens with one attached hydrogen (secondary N) is 1. The lowest BCUT2D eigenvalue weighted by atomic mass is 10.2. The van der Waals surface area contributed by atoms with E-state index >= 15 is 0 Å². The topological polar surface area (TPSA) is 109 Å². The predicted octanol–water partition coefficient (Wildman–Crippen LogP) is 1.30. The van der Waals surface area contributed by atoms with Gasteiger partial charge >= 0.3 is 0 Å². The van der Waals surface area contributed by atoms with Gasteiger partial charge in [-0.25, -0.2) is 0 Å². The van der Waals surface area contributed by atoms with E-state index in [2.05, 4.69) is 5.32 Å². The average molecular weight is 313 g/mol. The summed E-state index contributed by atoms with van der Waals surface area (Å²) in [5.74, 6) is -0.600. The normalized spacial score (nSPS) is 13.1. The van der Waals surface area contributed by atoms with E-state index in [4.69, 9.17) is 33.5 Å². The first-order valence-corrected chi connectivity index (χ1v) is 7.04. The summed E-state index contributed by atoms with van der Waals surface area (Å²) in [6, 6.07) is 3.54. The summed E-state index contributed by atoms with van der Waals surface area (Å²) < 4.78 is 30.6. The number of benzene rings is 1. The Morgan fingerprint density at radius 2 is 2.11 bits per heavy atom. The number of hydrogen-bond donors (Lipinski definition) is 3. The van der Waals surface area contributed by atoms with E-state index in [1.54, 1.807) is 0 Å². The standard InChI is InChI=1S/C9H10Cl2N2O4S/c10-4-6(11)9(14)13-5-1-2-8(7(12)3-5)18(15,16)17/h1-3,6H,4,12H2,(H,13,14)(H,15,16,17). The third kappa shape index (κ3) is 3.74. The van der Waals surface area contributed by atoms with Gasteiger partial charge in [-0.15, -0.1) is 23.2 Å². The van der Waals surface area contributed by atoms with Crippen molar-refractivity contribution in [3.8, 4) is 0 Å². The lowest BCUT2D eigenvalue weighted by Gasteiger charge is -2.09. The van der Waals surface area contributed by atoms with Gasteiger partial charge in [0.1, 0.15) is 10.3 Å². The molecule has 6 nitrogen and oxygen atoms in total. The van der Waals surface area contributed by atoms with Crippen molar-refractivity contribution in [2.24, 2.45) is 0 Å². The number of carbonyl (C=O) groups is 1. The summed E-state index contributed by atoms with van der Waals surface area (Å²) in [5.41, 5.74) is 5.51. The van der Waals surface area contributed by atoms with E-state index in [0.29, 0.717) is 0 Å². The minimum Gasteiger partial charge on any atom is -0.398 e. The number of amides is 1. The van der Waals surface area contributed by atoms with E-state index in [0.717, 1.165) is 6.07 Å². The van der Waals surface area contributed by atoms with E-state index in [-0.39, 0.29) is 17.3 Å². The molecular formula is C9H10Cl2N2O4S. The maximum Gasteiger partial charge on any atom is 0.296 e. The zero-order valence-electron chi connectivity index (χ0n) is 8.93. The molecule has 0 spiro atoms. The molecule has 4 N–H and O–H groups in total. The Labute approximate surface area is 114 Å². The number of halogens is 2. The zero-order chi connectivity index (χ0) is 13.9. The highest BCUT2D eigenvalue weighted by Crippen LogP contribution is 2.22. The molecule has 0 aliphatic heterocycles. The van der Waals surface area contributed by atoms with Gasteiger partial charge in [-0.2, -0.15) is 8.42 Å². The molecule has 1 amide bonds. The van der Waals surface area contributed by atoms with Crippen LogP contribution in [0.4, 0.5) is 11.4 Å². The first-order chi connectivity index (χ1) is 8.25. The Kier molecular flexibility index (Phi) is 4.80. The Morgan fingerprint density at radius 1 is 1.50 bits per heavy atom. The summed E-state index contributed by atoms with van der Waals surface area (Å²) in [6.07, 6.45) is 0. The van der Waals surface area contributed by atoms with Crippen LogP contribution in [0, 0.1) is 0 Å². The lowest BCUT2D eigenvalue weighted by Crippen LogP contribution is -2.24. The minimum atomic E-state index is -4.38. The van der Waals surface area contributed by atoms with Gasteiger partial charge in [0.15, 0.2) is 0 Å². The first kappa shape index (κ1) is 15.0. The number of nitrogens with two attached hydrogens (primary N) is 1. The van der Waals surface area contributed by atoms with Crippen LogP contribution in [0.25, 0.3) is 0 Å². The highest BCUT2D eigenvalue weighted by molar-refractivity contribution is 7.86. The fourth-order valence-corrected chi connectivity index (χ4v) is 1.94.